The Morgan fingerprint density at radius 2 is 2.22 bits per heavy atom. The zero-order chi connectivity index (χ0) is 13.7. The van der Waals surface area contributed by atoms with E-state index in [9.17, 15) is 9.59 Å². The number of carbonyl (C=O) groups is 2. The lowest BCUT2D eigenvalue weighted by molar-refractivity contribution is -0.141. The van der Waals surface area contributed by atoms with Gasteiger partial charge in [0.1, 0.15) is 10.9 Å². The second kappa shape index (κ2) is 6.34. The van der Waals surface area contributed by atoms with Crippen LogP contribution in [0.4, 0.5) is 5.13 Å². The van der Waals surface area contributed by atoms with E-state index in [2.05, 4.69) is 10.3 Å². The molecular formula is C11H16N2O4S. The Morgan fingerprint density at radius 1 is 1.56 bits per heavy atom. The summed E-state index contributed by atoms with van der Waals surface area (Å²) in [5.41, 5.74) is 0. The van der Waals surface area contributed by atoms with Crippen LogP contribution in [0.2, 0.25) is 0 Å². The summed E-state index contributed by atoms with van der Waals surface area (Å²) < 4.78 is 4.70. The number of thiazole rings is 1. The van der Waals surface area contributed by atoms with Crippen LogP contribution in [0.1, 0.15) is 29.9 Å². The molecule has 0 fully saturated rings. The zero-order valence-electron chi connectivity index (χ0n) is 10.5. The number of aromatic carboxylic acids is 1. The molecule has 1 atom stereocenters. The minimum Gasteiger partial charge on any atom is -0.477 e. The topological polar surface area (TPSA) is 88.5 Å². The van der Waals surface area contributed by atoms with Crippen molar-refractivity contribution in [1.29, 1.82) is 0 Å². The van der Waals surface area contributed by atoms with Crippen molar-refractivity contribution >= 4 is 28.4 Å². The molecule has 0 aliphatic heterocycles. The van der Waals surface area contributed by atoms with Gasteiger partial charge >= 0.3 is 11.9 Å². The van der Waals surface area contributed by atoms with Gasteiger partial charge in [0.05, 0.1) is 13.3 Å². The Morgan fingerprint density at radius 3 is 2.67 bits per heavy atom. The SMILES string of the molecule is COC(=O)C(CC(C)C)Nc1ncc(C(=O)O)s1. The number of carboxylic acid groups (broad SMARTS) is 1. The summed E-state index contributed by atoms with van der Waals surface area (Å²) >= 11 is 0.995. The number of rotatable bonds is 6. The van der Waals surface area contributed by atoms with Crippen LogP contribution < -0.4 is 5.32 Å². The highest BCUT2D eigenvalue weighted by Gasteiger charge is 2.22. The number of nitrogens with zero attached hydrogens (tertiary/aromatic N) is 1. The average molecular weight is 272 g/mol. The first-order chi connectivity index (χ1) is 8.43. The average Bonchev–Trinajstić information content (AvgIpc) is 2.75. The van der Waals surface area contributed by atoms with Crippen LogP contribution in [0.15, 0.2) is 6.20 Å². The van der Waals surface area contributed by atoms with Crippen LogP contribution in [0.3, 0.4) is 0 Å². The molecule has 0 saturated carbocycles. The van der Waals surface area contributed by atoms with Gasteiger partial charge < -0.3 is 15.2 Å². The van der Waals surface area contributed by atoms with E-state index in [4.69, 9.17) is 9.84 Å². The monoisotopic (exact) mass is 272 g/mol. The van der Waals surface area contributed by atoms with Gasteiger partial charge in [-0.2, -0.15) is 0 Å². The maximum absolute atomic E-state index is 11.6. The van der Waals surface area contributed by atoms with Gasteiger partial charge in [0.2, 0.25) is 0 Å². The molecule has 0 aliphatic carbocycles. The molecule has 0 radical (unpaired) electrons. The number of anilines is 1. The first-order valence-corrected chi connectivity index (χ1v) is 6.29. The summed E-state index contributed by atoms with van der Waals surface area (Å²) in [4.78, 5) is 26.3. The highest BCUT2D eigenvalue weighted by atomic mass is 32.1. The zero-order valence-corrected chi connectivity index (χ0v) is 11.3. The molecule has 0 aromatic carbocycles. The Hall–Kier alpha value is -1.63. The Labute approximate surface area is 109 Å². The summed E-state index contributed by atoms with van der Waals surface area (Å²) in [7, 11) is 1.32. The quantitative estimate of drug-likeness (QED) is 0.768. The standard InChI is InChI=1S/C11H16N2O4S/c1-6(2)4-7(10(16)17-3)13-11-12-5-8(18-11)9(14)15/h5-7H,4H2,1-3H3,(H,12,13)(H,14,15). The molecule has 1 rings (SSSR count). The maximum Gasteiger partial charge on any atom is 0.347 e. The molecule has 100 valence electrons. The second-order valence-electron chi connectivity index (χ2n) is 4.18. The fraction of sp³-hybridized carbons (Fsp3) is 0.545. The lowest BCUT2D eigenvalue weighted by atomic mass is 10.0. The van der Waals surface area contributed by atoms with Gasteiger partial charge in [0.25, 0.3) is 0 Å². The van der Waals surface area contributed by atoms with Gasteiger partial charge in [-0.25, -0.2) is 14.6 Å². The number of carbonyl (C=O) groups excluding carboxylic acids is 1. The smallest absolute Gasteiger partial charge is 0.347 e. The third-order valence-electron chi connectivity index (χ3n) is 2.21. The number of nitrogens with one attached hydrogen (secondary N) is 1. The van der Waals surface area contributed by atoms with Crippen molar-refractivity contribution in [3.63, 3.8) is 0 Å². The molecule has 0 aliphatic rings. The molecule has 0 bridgehead atoms. The van der Waals surface area contributed by atoms with E-state index < -0.39 is 12.0 Å². The van der Waals surface area contributed by atoms with Gasteiger partial charge in [-0.3, -0.25) is 0 Å². The summed E-state index contributed by atoms with van der Waals surface area (Å²) in [6.45, 7) is 3.98. The number of esters is 1. The van der Waals surface area contributed by atoms with Gasteiger partial charge in [-0.1, -0.05) is 25.2 Å². The molecular weight excluding hydrogens is 256 g/mol. The first-order valence-electron chi connectivity index (χ1n) is 5.47. The lowest BCUT2D eigenvalue weighted by Crippen LogP contribution is -2.32. The third kappa shape index (κ3) is 3.99. The fourth-order valence-corrected chi connectivity index (χ4v) is 2.12. The van der Waals surface area contributed by atoms with E-state index in [1.807, 2.05) is 13.8 Å². The van der Waals surface area contributed by atoms with Crippen molar-refractivity contribution in [2.75, 3.05) is 12.4 Å². The number of carboxylic acids is 1. The van der Waals surface area contributed by atoms with Crippen LogP contribution in [0, 0.1) is 5.92 Å². The summed E-state index contributed by atoms with van der Waals surface area (Å²) in [5, 5.41) is 12.1. The largest absolute Gasteiger partial charge is 0.477 e. The van der Waals surface area contributed by atoms with Crippen molar-refractivity contribution in [3.05, 3.63) is 11.1 Å². The van der Waals surface area contributed by atoms with E-state index in [1.165, 1.54) is 13.3 Å². The Kier molecular flexibility index (Phi) is 5.08. The number of hydrogen-bond acceptors (Lipinski definition) is 6. The second-order valence-corrected chi connectivity index (χ2v) is 5.22. The summed E-state index contributed by atoms with van der Waals surface area (Å²) in [5.74, 6) is -1.10. The molecule has 1 unspecified atom stereocenters. The van der Waals surface area contributed by atoms with Crippen LogP contribution in [0.25, 0.3) is 0 Å². The van der Waals surface area contributed by atoms with Crippen LogP contribution in [-0.4, -0.2) is 35.2 Å². The van der Waals surface area contributed by atoms with Crippen molar-refractivity contribution in [3.8, 4) is 0 Å². The van der Waals surface area contributed by atoms with E-state index in [0.29, 0.717) is 17.5 Å². The molecule has 6 nitrogen and oxygen atoms in total. The molecule has 18 heavy (non-hydrogen) atoms. The van der Waals surface area contributed by atoms with Gasteiger partial charge in [-0.15, -0.1) is 0 Å². The van der Waals surface area contributed by atoms with Gasteiger partial charge in [-0.05, 0) is 12.3 Å². The number of ether oxygens (including phenoxy) is 1. The van der Waals surface area contributed by atoms with Crippen molar-refractivity contribution < 1.29 is 19.4 Å². The lowest BCUT2D eigenvalue weighted by Gasteiger charge is -2.17. The summed E-state index contributed by atoms with van der Waals surface area (Å²) in [6.07, 6.45) is 1.85. The molecule has 1 aromatic rings. The third-order valence-corrected chi connectivity index (χ3v) is 3.12. The molecule has 0 saturated heterocycles. The van der Waals surface area contributed by atoms with Crippen molar-refractivity contribution in [2.45, 2.75) is 26.3 Å². The minimum atomic E-state index is -1.03. The van der Waals surface area contributed by atoms with Crippen LogP contribution in [0.5, 0.6) is 0 Å². The minimum absolute atomic E-state index is 0.130. The van der Waals surface area contributed by atoms with Crippen LogP contribution in [-0.2, 0) is 9.53 Å². The van der Waals surface area contributed by atoms with Crippen molar-refractivity contribution in [2.24, 2.45) is 5.92 Å². The highest BCUT2D eigenvalue weighted by Crippen LogP contribution is 2.20. The van der Waals surface area contributed by atoms with Crippen LogP contribution >= 0.6 is 11.3 Å². The van der Waals surface area contributed by atoms with E-state index in [-0.39, 0.29) is 10.8 Å². The normalized spacial score (nSPS) is 12.2. The Balaban J connectivity index is 2.75. The predicted molar refractivity (Wildman–Crippen MR) is 68.0 cm³/mol. The molecule has 1 heterocycles. The molecule has 0 amide bonds. The fourth-order valence-electron chi connectivity index (χ4n) is 1.42. The number of methoxy groups -OCH3 is 1. The van der Waals surface area contributed by atoms with Gasteiger partial charge in [0, 0.05) is 0 Å². The molecule has 1 aromatic heterocycles. The molecule has 0 spiro atoms. The maximum atomic E-state index is 11.6. The van der Waals surface area contributed by atoms with E-state index in [1.54, 1.807) is 0 Å². The van der Waals surface area contributed by atoms with Gasteiger partial charge in [0.15, 0.2) is 5.13 Å². The number of hydrogen-bond donors (Lipinski definition) is 2. The highest BCUT2D eigenvalue weighted by molar-refractivity contribution is 7.17. The predicted octanol–water partition coefficient (Wildman–Crippen LogP) is 1.84. The first kappa shape index (κ1) is 14.4. The van der Waals surface area contributed by atoms with E-state index in [0.717, 1.165) is 11.3 Å². The van der Waals surface area contributed by atoms with Crippen molar-refractivity contribution in [1.82, 2.24) is 4.98 Å². The molecule has 2 N–H and O–H groups in total. The Bertz CT molecular complexity index is 430. The summed E-state index contributed by atoms with van der Waals surface area (Å²) in [6, 6.07) is -0.511. The van der Waals surface area contributed by atoms with E-state index >= 15 is 0 Å². The molecule has 7 heteroatoms. The number of aromatic nitrogens is 1.